The van der Waals surface area contributed by atoms with Crippen LogP contribution >= 0.6 is 11.6 Å². The molecule has 1 heterocycles. The van der Waals surface area contributed by atoms with E-state index in [9.17, 15) is 0 Å². The van der Waals surface area contributed by atoms with Crippen LogP contribution in [0.1, 0.15) is 39.5 Å². The Labute approximate surface area is 113 Å². The normalized spacial score (nSPS) is 17.1. The monoisotopic (exact) mass is 269 g/mol. The molecule has 0 spiro atoms. The lowest BCUT2D eigenvalue weighted by atomic mass is 9.67. The standard InChI is InChI=1S/C12H20ClN5/c1-3-12(6-5-7-12)8-15-11-17-9(13)16-10(18-11)14-4-2/h3-8H2,1-2H3,(H2,14,15,16,17,18). The van der Waals surface area contributed by atoms with Crippen LogP contribution in [0, 0.1) is 5.41 Å². The topological polar surface area (TPSA) is 62.7 Å². The van der Waals surface area contributed by atoms with Crippen molar-refractivity contribution in [2.45, 2.75) is 39.5 Å². The van der Waals surface area contributed by atoms with Gasteiger partial charge in [0.1, 0.15) is 0 Å². The van der Waals surface area contributed by atoms with Crippen molar-refractivity contribution in [1.82, 2.24) is 15.0 Å². The SMILES string of the molecule is CCNc1nc(Cl)nc(NCC2(CC)CCC2)n1. The van der Waals surface area contributed by atoms with Gasteiger partial charge in [-0.05, 0) is 43.2 Å². The third-order valence-corrected chi connectivity index (χ3v) is 3.90. The molecular formula is C12H20ClN5. The second-order valence-corrected chi connectivity index (χ2v) is 5.18. The Bertz CT molecular complexity index is 400. The lowest BCUT2D eigenvalue weighted by Gasteiger charge is -2.41. The molecule has 1 aromatic heterocycles. The van der Waals surface area contributed by atoms with Gasteiger partial charge in [0.05, 0.1) is 0 Å². The molecule has 1 aromatic rings. The van der Waals surface area contributed by atoms with Gasteiger partial charge in [0.25, 0.3) is 0 Å². The number of hydrogen-bond acceptors (Lipinski definition) is 5. The summed E-state index contributed by atoms with van der Waals surface area (Å²) in [6.45, 7) is 5.91. The molecule has 1 saturated carbocycles. The van der Waals surface area contributed by atoms with Gasteiger partial charge in [-0.15, -0.1) is 0 Å². The fraction of sp³-hybridized carbons (Fsp3) is 0.750. The van der Waals surface area contributed by atoms with Crippen molar-refractivity contribution in [2.75, 3.05) is 23.7 Å². The summed E-state index contributed by atoms with van der Waals surface area (Å²) in [6.07, 6.45) is 5.10. The number of aromatic nitrogens is 3. The van der Waals surface area contributed by atoms with Gasteiger partial charge < -0.3 is 10.6 Å². The smallest absolute Gasteiger partial charge is 0.228 e. The van der Waals surface area contributed by atoms with E-state index in [1.165, 1.54) is 25.7 Å². The summed E-state index contributed by atoms with van der Waals surface area (Å²) in [5.74, 6) is 1.09. The Hall–Kier alpha value is -1.10. The van der Waals surface area contributed by atoms with Gasteiger partial charge in [0, 0.05) is 13.1 Å². The van der Waals surface area contributed by atoms with Crippen molar-refractivity contribution in [2.24, 2.45) is 5.41 Å². The maximum atomic E-state index is 5.88. The summed E-state index contributed by atoms with van der Waals surface area (Å²) in [7, 11) is 0. The molecule has 6 heteroatoms. The third-order valence-electron chi connectivity index (χ3n) is 3.73. The molecule has 0 bridgehead atoms. The molecule has 1 aliphatic rings. The van der Waals surface area contributed by atoms with Crippen molar-refractivity contribution in [3.05, 3.63) is 5.28 Å². The fourth-order valence-corrected chi connectivity index (χ4v) is 2.43. The second-order valence-electron chi connectivity index (χ2n) is 4.84. The van der Waals surface area contributed by atoms with Crippen LogP contribution in [0.15, 0.2) is 0 Å². The Morgan fingerprint density at radius 3 is 2.28 bits per heavy atom. The number of nitrogens with one attached hydrogen (secondary N) is 2. The fourth-order valence-electron chi connectivity index (χ4n) is 2.26. The largest absolute Gasteiger partial charge is 0.354 e. The number of halogens is 1. The molecule has 100 valence electrons. The zero-order chi connectivity index (χ0) is 13.0. The van der Waals surface area contributed by atoms with Crippen LogP contribution in [0.2, 0.25) is 5.28 Å². The van der Waals surface area contributed by atoms with Crippen LogP contribution in [-0.2, 0) is 0 Å². The lowest BCUT2D eigenvalue weighted by molar-refractivity contribution is 0.144. The number of rotatable bonds is 6. The molecule has 0 amide bonds. The quantitative estimate of drug-likeness (QED) is 0.831. The van der Waals surface area contributed by atoms with Crippen LogP contribution in [0.4, 0.5) is 11.9 Å². The molecule has 5 nitrogen and oxygen atoms in total. The Kier molecular flexibility index (Phi) is 4.22. The first-order valence-corrected chi connectivity index (χ1v) is 6.94. The summed E-state index contributed by atoms with van der Waals surface area (Å²) in [5.41, 5.74) is 0.428. The molecule has 0 saturated heterocycles. The molecule has 0 unspecified atom stereocenters. The highest BCUT2D eigenvalue weighted by Gasteiger charge is 2.34. The number of anilines is 2. The summed E-state index contributed by atoms with van der Waals surface area (Å²) in [5, 5.41) is 6.56. The van der Waals surface area contributed by atoms with Crippen LogP contribution in [0.5, 0.6) is 0 Å². The molecule has 0 aromatic carbocycles. The summed E-state index contributed by atoms with van der Waals surface area (Å²) < 4.78 is 0. The Morgan fingerprint density at radius 2 is 1.78 bits per heavy atom. The van der Waals surface area contributed by atoms with Gasteiger partial charge in [0.15, 0.2) is 0 Å². The first-order chi connectivity index (χ1) is 8.67. The minimum Gasteiger partial charge on any atom is -0.354 e. The van der Waals surface area contributed by atoms with E-state index in [1.54, 1.807) is 0 Å². The average molecular weight is 270 g/mol. The minimum absolute atomic E-state index is 0.225. The predicted molar refractivity (Wildman–Crippen MR) is 74.1 cm³/mol. The van der Waals surface area contributed by atoms with E-state index in [4.69, 9.17) is 11.6 Å². The molecule has 0 atom stereocenters. The van der Waals surface area contributed by atoms with Crippen LogP contribution in [-0.4, -0.2) is 28.0 Å². The highest BCUT2D eigenvalue weighted by Crippen LogP contribution is 2.43. The third kappa shape index (κ3) is 3.02. The van der Waals surface area contributed by atoms with E-state index in [-0.39, 0.29) is 5.28 Å². The first-order valence-electron chi connectivity index (χ1n) is 6.57. The van der Waals surface area contributed by atoms with Crippen molar-refractivity contribution in [3.63, 3.8) is 0 Å². The summed E-state index contributed by atoms with van der Waals surface area (Å²) in [4.78, 5) is 12.4. The van der Waals surface area contributed by atoms with Crippen molar-refractivity contribution < 1.29 is 0 Å². The highest BCUT2D eigenvalue weighted by molar-refractivity contribution is 6.28. The zero-order valence-corrected chi connectivity index (χ0v) is 11.7. The van der Waals surface area contributed by atoms with Gasteiger partial charge in [-0.3, -0.25) is 0 Å². The van der Waals surface area contributed by atoms with Gasteiger partial charge in [-0.2, -0.15) is 15.0 Å². The van der Waals surface area contributed by atoms with Gasteiger partial charge in [-0.1, -0.05) is 13.3 Å². The Balaban J connectivity index is 2.00. The second kappa shape index (κ2) is 5.69. The molecule has 0 aliphatic heterocycles. The van der Waals surface area contributed by atoms with E-state index >= 15 is 0 Å². The van der Waals surface area contributed by atoms with Gasteiger partial charge in [-0.25, -0.2) is 0 Å². The van der Waals surface area contributed by atoms with Gasteiger partial charge in [0.2, 0.25) is 17.2 Å². The maximum absolute atomic E-state index is 5.88. The Morgan fingerprint density at radius 1 is 1.11 bits per heavy atom. The summed E-state index contributed by atoms with van der Waals surface area (Å²) >= 11 is 5.88. The lowest BCUT2D eigenvalue weighted by Crippen LogP contribution is -2.36. The van der Waals surface area contributed by atoms with Crippen LogP contribution in [0.25, 0.3) is 0 Å². The van der Waals surface area contributed by atoms with E-state index < -0.39 is 0 Å². The first kappa shape index (κ1) is 13.3. The molecule has 0 radical (unpaired) electrons. The van der Waals surface area contributed by atoms with E-state index in [0.717, 1.165) is 13.1 Å². The zero-order valence-electron chi connectivity index (χ0n) is 11.0. The predicted octanol–water partition coefficient (Wildman–Crippen LogP) is 2.95. The van der Waals surface area contributed by atoms with Crippen molar-refractivity contribution in [1.29, 1.82) is 0 Å². The average Bonchev–Trinajstić information content (AvgIpc) is 2.28. The molecule has 18 heavy (non-hydrogen) atoms. The van der Waals surface area contributed by atoms with E-state index in [2.05, 4.69) is 32.5 Å². The van der Waals surface area contributed by atoms with E-state index in [1.807, 2.05) is 6.92 Å². The minimum atomic E-state index is 0.225. The highest BCUT2D eigenvalue weighted by atomic mass is 35.5. The van der Waals surface area contributed by atoms with Crippen LogP contribution < -0.4 is 10.6 Å². The molecule has 2 rings (SSSR count). The van der Waals surface area contributed by atoms with Crippen molar-refractivity contribution in [3.8, 4) is 0 Å². The number of nitrogens with zero attached hydrogens (tertiary/aromatic N) is 3. The van der Waals surface area contributed by atoms with Crippen LogP contribution in [0.3, 0.4) is 0 Å². The molecule has 1 aliphatic carbocycles. The summed E-state index contributed by atoms with van der Waals surface area (Å²) in [6, 6.07) is 0. The number of hydrogen-bond donors (Lipinski definition) is 2. The van der Waals surface area contributed by atoms with Gasteiger partial charge >= 0.3 is 0 Å². The van der Waals surface area contributed by atoms with E-state index in [0.29, 0.717) is 17.3 Å². The van der Waals surface area contributed by atoms with Crippen molar-refractivity contribution >= 4 is 23.5 Å². The maximum Gasteiger partial charge on any atom is 0.228 e. The molecular weight excluding hydrogens is 250 g/mol. The molecule has 2 N–H and O–H groups in total. The molecule has 1 fully saturated rings.